The molecule has 2 unspecified atom stereocenters. The van der Waals surface area contributed by atoms with Crippen molar-refractivity contribution in [1.82, 2.24) is 10.3 Å². The van der Waals surface area contributed by atoms with Gasteiger partial charge in [0.15, 0.2) is 5.58 Å². The highest BCUT2D eigenvalue weighted by Crippen LogP contribution is 2.27. The topological polar surface area (TPSA) is 78.9 Å². The first-order valence-corrected chi connectivity index (χ1v) is 7.99. The van der Waals surface area contributed by atoms with Crippen molar-refractivity contribution in [1.29, 1.82) is 5.26 Å². The van der Waals surface area contributed by atoms with Crippen LogP contribution in [0.4, 0.5) is 0 Å². The van der Waals surface area contributed by atoms with Crippen molar-refractivity contribution in [2.45, 2.75) is 43.7 Å². The summed E-state index contributed by atoms with van der Waals surface area (Å²) in [4.78, 5) is 16.6. The summed E-state index contributed by atoms with van der Waals surface area (Å²) in [6.07, 6.45) is 0. The van der Waals surface area contributed by atoms with E-state index in [4.69, 9.17) is 4.42 Å². The molecule has 0 radical (unpaired) electrons. The molecule has 116 valence electrons. The molecule has 0 aliphatic rings. The van der Waals surface area contributed by atoms with Gasteiger partial charge in [-0.25, -0.2) is 4.98 Å². The molecule has 0 fully saturated rings. The van der Waals surface area contributed by atoms with E-state index in [1.54, 1.807) is 13.8 Å². The molecule has 0 spiro atoms. The number of benzene rings is 1. The number of nitrogens with one attached hydrogen (secondary N) is 1. The molecular formula is C16H19N3O2S. The average Bonchev–Trinajstić information content (AvgIpc) is 2.88. The first-order valence-electron chi connectivity index (χ1n) is 7.11. The third-order valence-electron chi connectivity index (χ3n) is 3.69. The summed E-state index contributed by atoms with van der Waals surface area (Å²) < 4.78 is 5.60. The Morgan fingerprint density at radius 2 is 2.09 bits per heavy atom. The molecule has 0 bridgehead atoms. The van der Waals surface area contributed by atoms with E-state index >= 15 is 0 Å². The summed E-state index contributed by atoms with van der Waals surface area (Å²) in [6, 6.07) is 9.62. The van der Waals surface area contributed by atoms with Crippen LogP contribution in [0.15, 0.2) is 33.9 Å². The molecule has 0 aliphatic carbocycles. The first-order chi connectivity index (χ1) is 10.4. The van der Waals surface area contributed by atoms with Crippen LogP contribution in [0.3, 0.4) is 0 Å². The van der Waals surface area contributed by atoms with E-state index in [9.17, 15) is 10.1 Å². The molecule has 5 nitrogen and oxygen atoms in total. The standard InChI is InChI=1S/C16H19N3O2S/c1-10(2)16(4,9-17)19-14(20)11(3)22-15-18-12-7-5-6-8-13(12)21-15/h5-8,10-11H,1-4H3,(H,19,20). The summed E-state index contributed by atoms with van der Waals surface area (Å²) in [5.74, 6) is -0.187. The second-order valence-electron chi connectivity index (χ2n) is 5.67. The summed E-state index contributed by atoms with van der Waals surface area (Å²) in [6.45, 7) is 7.31. The van der Waals surface area contributed by atoms with Crippen molar-refractivity contribution >= 4 is 28.8 Å². The van der Waals surface area contributed by atoms with Gasteiger partial charge in [-0.2, -0.15) is 5.26 Å². The van der Waals surface area contributed by atoms with Crippen LogP contribution in [0.5, 0.6) is 0 Å². The highest BCUT2D eigenvalue weighted by Gasteiger charge is 2.32. The van der Waals surface area contributed by atoms with Gasteiger partial charge in [-0.1, -0.05) is 37.7 Å². The quantitative estimate of drug-likeness (QED) is 0.855. The van der Waals surface area contributed by atoms with E-state index < -0.39 is 10.8 Å². The van der Waals surface area contributed by atoms with Gasteiger partial charge in [0.05, 0.1) is 11.3 Å². The van der Waals surface area contributed by atoms with Gasteiger partial charge in [0.25, 0.3) is 5.22 Å². The molecule has 2 atom stereocenters. The Balaban J connectivity index is 2.07. The number of hydrogen-bond donors (Lipinski definition) is 1. The number of nitriles is 1. The Labute approximate surface area is 134 Å². The fourth-order valence-electron chi connectivity index (χ4n) is 1.77. The lowest BCUT2D eigenvalue weighted by molar-refractivity contribution is -0.121. The summed E-state index contributed by atoms with van der Waals surface area (Å²) in [7, 11) is 0. The molecule has 6 heteroatoms. The van der Waals surface area contributed by atoms with Crippen LogP contribution in [-0.4, -0.2) is 21.7 Å². The van der Waals surface area contributed by atoms with Crippen molar-refractivity contribution in [3.8, 4) is 6.07 Å². The van der Waals surface area contributed by atoms with Crippen LogP contribution in [0.2, 0.25) is 0 Å². The molecule has 0 aliphatic heterocycles. The summed E-state index contributed by atoms with van der Waals surface area (Å²) >= 11 is 1.24. The number of amides is 1. The Hall–Kier alpha value is -2.00. The lowest BCUT2D eigenvalue weighted by atomic mass is 9.90. The van der Waals surface area contributed by atoms with Crippen LogP contribution in [-0.2, 0) is 4.79 Å². The number of carbonyl (C=O) groups excluding carboxylic acids is 1. The average molecular weight is 317 g/mol. The van der Waals surface area contributed by atoms with Gasteiger partial charge in [0.1, 0.15) is 11.1 Å². The monoisotopic (exact) mass is 317 g/mol. The molecule has 1 aromatic carbocycles. The number of thioether (sulfide) groups is 1. The van der Waals surface area contributed by atoms with Crippen molar-refractivity contribution in [2.24, 2.45) is 5.92 Å². The van der Waals surface area contributed by atoms with E-state index in [1.165, 1.54) is 11.8 Å². The number of para-hydroxylation sites is 2. The van der Waals surface area contributed by atoms with Crippen molar-refractivity contribution in [3.63, 3.8) is 0 Å². The van der Waals surface area contributed by atoms with E-state index in [0.717, 1.165) is 5.52 Å². The number of hydrogen-bond acceptors (Lipinski definition) is 5. The molecule has 1 heterocycles. The van der Waals surface area contributed by atoms with Crippen molar-refractivity contribution in [2.75, 3.05) is 0 Å². The number of aromatic nitrogens is 1. The minimum atomic E-state index is -0.882. The van der Waals surface area contributed by atoms with E-state index in [-0.39, 0.29) is 11.8 Å². The number of fused-ring (bicyclic) bond motifs is 1. The number of carbonyl (C=O) groups is 1. The van der Waals surface area contributed by atoms with Crippen molar-refractivity contribution in [3.05, 3.63) is 24.3 Å². The van der Waals surface area contributed by atoms with Crippen LogP contribution in [0.25, 0.3) is 11.1 Å². The van der Waals surface area contributed by atoms with Gasteiger partial charge in [0.2, 0.25) is 5.91 Å². The zero-order valence-electron chi connectivity index (χ0n) is 13.1. The molecule has 0 saturated heterocycles. The molecule has 2 rings (SSSR count). The van der Waals surface area contributed by atoms with Crippen LogP contribution in [0, 0.1) is 17.2 Å². The SMILES string of the molecule is CC(Sc1nc2ccccc2o1)C(=O)NC(C)(C#N)C(C)C. The molecule has 2 aromatic rings. The number of oxazole rings is 1. The van der Waals surface area contributed by atoms with Crippen LogP contribution < -0.4 is 5.32 Å². The van der Waals surface area contributed by atoms with Crippen LogP contribution >= 0.6 is 11.8 Å². The first kappa shape index (κ1) is 16.4. The third kappa shape index (κ3) is 3.42. The number of nitrogens with zero attached hydrogens (tertiary/aromatic N) is 2. The molecule has 22 heavy (non-hydrogen) atoms. The van der Waals surface area contributed by atoms with E-state index in [1.807, 2.05) is 38.1 Å². The maximum Gasteiger partial charge on any atom is 0.257 e. The second kappa shape index (κ2) is 6.41. The molecule has 1 amide bonds. The van der Waals surface area contributed by atoms with Gasteiger partial charge in [-0.05, 0) is 31.9 Å². The second-order valence-corrected chi connectivity index (χ2v) is 6.96. The smallest absolute Gasteiger partial charge is 0.257 e. The normalized spacial score (nSPS) is 15.3. The van der Waals surface area contributed by atoms with Crippen LogP contribution in [0.1, 0.15) is 27.7 Å². The fraction of sp³-hybridized carbons (Fsp3) is 0.438. The summed E-state index contributed by atoms with van der Waals surface area (Å²) in [5.41, 5.74) is 0.580. The van der Waals surface area contributed by atoms with Gasteiger partial charge >= 0.3 is 0 Å². The predicted molar refractivity (Wildman–Crippen MR) is 86.3 cm³/mol. The minimum absolute atomic E-state index is 0.0166. The third-order valence-corrected chi connectivity index (χ3v) is 4.63. The molecule has 0 saturated carbocycles. The Morgan fingerprint density at radius 1 is 1.41 bits per heavy atom. The zero-order chi connectivity index (χ0) is 16.3. The lowest BCUT2D eigenvalue weighted by Gasteiger charge is -2.28. The molecule has 1 aromatic heterocycles. The highest BCUT2D eigenvalue weighted by molar-refractivity contribution is 8.00. The van der Waals surface area contributed by atoms with Gasteiger partial charge < -0.3 is 9.73 Å². The summed E-state index contributed by atoms with van der Waals surface area (Å²) in [5, 5.41) is 12.1. The highest BCUT2D eigenvalue weighted by atomic mass is 32.2. The molecular weight excluding hydrogens is 298 g/mol. The van der Waals surface area contributed by atoms with Gasteiger partial charge in [0, 0.05) is 0 Å². The minimum Gasteiger partial charge on any atom is -0.431 e. The molecule has 1 N–H and O–H groups in total. The Morgan fingerprint density at radius 3 is 2.68 bits per heavy atom. The van der Waals surface area contributed by atoms with Gasteiger partial charge in [-0.3, -0.25) is 4.79 Å². The fourth-order valence-corrected chi connectivity index (χ4v) is 2.52. The van der Waals surface area contributed by atoms with Gasteiger partial charge in [-0.15, -0.1) is 0 Å². The maximum atomic E-state index is 12.3. The van der Waals surface area contributed by atoms with E-state index in [2.05, 4.69) is 16.4 Å². The number of rotatable bonds is 5. The Kier molecular flexibility index (Phi) is 4.77. The largest absolute Gasteiger partial charge is 0.431 e. The van der Waals surface area contributed by atoms with E-state index in [0.29, 0.717) is 10.8 Å². The lowest BCUT2D eigenvalue weighted by Crippen LogP contribution is -2.51. The van der Waals surface area contributed by atoms with Crippen molar-refractivity contribution < 1.29 is 9.21 Å². The predicted octanol–water partition coefficient (Wildman–Crippen LogP) is 3.36. The maximum absolute atomic E-state index is 12.3. The Bertz CT molecular complexity index is 686. The zero-order valence-corrected chi connectivity index (χ0v) is 13.9.